The van der Waals surface area contributed by atoms with Crippen LogP contribution in [0.4, 0.5) is 0 Å². The number of hydrogen-bond donors (Lipinski definition) is 1. The van der Waals surface area contributed by atoms with Crippen LogP contribution >= 0.6 is 0 Å². The fourth-order valence-corrected chi connectivity index (χ4v) is 4.83. The van der Waals surface area contributed by atoms with Crippen LogP contribution < -0.4 is 0 Å². The number of ether oxygens (including phenoxy) is 4. The van der Waals surface area contributed by atoms with Crippen LogP contribution in [-0.2, 0) is 38.8 Å². The lowest BCUT2D eigenvalue weighted by atomic mass is 10.0. The molecule has 3 aromatic carbocycles. The first-order valence-corrected chi connectivity index (χ1v) is 13.3. The molecule has 0 spiro atoms. The molecule has 42 heavy (non-hydrogen) atoms. The molecule has 1 saturated heterocycles. The van der Waals surface area contributed by atoms with Crippen LogP contribution in [0, 0.1) is 11.3 Å². The van der Waals surface area contributed by atoms with Gasteiger partial charge in [0.05, 0.1) is 37.7 Å². The molecule has 0 bridgehead atoms. The van der Waals surface area contributed by atoms with Gasteiger partial charge in [0.1, 0.15) is 30.5 Å². The Balaban J connectivity index is 1.47. The van der Waals surface area contributed by atoms with Crippen molar-refractivity contribution in [3.63, 3.8) is 0 Å². The van der Waals surface area contributed by atoms with Gasteiger partial charge < -0.3 is 18.9 Å². The summed E-state index contributed by atoms with van der Waals surface area (Å²) < 4.78 is 25.4. The first-order valence-electron chi connectivity index (χ1n) is 13.3. The van der Waals surface area contributed by atoms with Crippen LogP contribution in [-0.4, -0.2) is 41.0 Å². The Hall–Kier alpha value is -4.82. The molecular weight excluding hydrogens is 536 g/mol. The summed E-state index contributed by atoms with van der Waals surface area (Å²) >= 11 is 0. The number of nitrogens with zero attached hydrogens (tertiary/aromatic N) is 5. The third-order valence-corrected chi connectivity index (χ3v) is 6.81. The molecule has 1 amide bonds. The molecule has 4 atom stereocenters. The van der Waals surface area contributed by atoms with Gasteiger partial charge in [-0.1, -0.05) is 91.0 Å². The highest BCUT2D eigenvalue weighted by Gasteiger charge is 2.49. The van der Waals surface area contributed by atoms with E-state index < -0.39 is 30.3 Å². The Labute approximate surface area is 242 Å². The molecule has 0 radical (unpaired) electrons. The SMILES string of the molecule is N#Cc1n[nH]c([C@@H]2O[C@H](COCc3ccccc3)[C@@H](OCc3ccccc3)[C@H]2OCc2ccccc2)c1C(=O)N=[N+]=[N-]. The summed E-state index contributed by atoms with van der Waals surface area (Å²) in [7, 11) is 0. The van der Waals surface area contributed by atoms with Crippen molar-refractivity contribution in [1.29, 1.82) is 5.26 Å². The lowest BCUT2D eigenvalue weighted by Crippen LogP contribution is -2.38. The molecule has 1 aliphatic rings. The summed E-state index contributed by atoms with van der Waals surface area (Å²) in [4.78, 5) is 15.4. The van der Waals surface area contributed by atoms with E-state index in [0.29, 0.717) is 6.61 Å². The van der Waals surface area contributed by atoms with Crippen LogP contribution in [0.3, 0.4) is 0 Å². The normalized spacial score (nSPS) is 19.6. The van der Waals surface area contributed by atoms with E-state index in [1.54, 1.807) is 0 Å². The number of benzene rings is 3. The number of azide groups is 1. The van der Waals surface area contributed by atoms with Crippen LogP contribution in [0.25, 0.3) is 10.4 Å². The lowest BCUT2D eigenvalue weighted by Gasteiger charge is -2.25. The number of carbonyl (C=O) groups is 1. The number of aromatic amines is 1. The van der Waals surface area contributed by atoms with E-state index in [1.165, 1.54) is 0 Å². The molecule has 2 heterocycles. The highest BCUT2D eigenvalue weighted by molar-refractivity contribution is 5.98. The first-order chi connectivity index (χ1) is 20.7. The Bertz CT molecular complexity index is 1550. The number of H-pyrrole nitrogens is 1. The highest BCUT2D eigenvalue weighted by atomic mass is 16.6. The molecule has 1 N–H and O–H groups in total. The minimum atomic E-state index is -0.950. The fourth-order valence-electron chi connectivity index (χ4n) is 4.83. The fraction of sp³-hybridized carbons (Fsp3) is 0.258. The Morgan fingerprint density at radius 2 is 1.45 bits per heavy atom. The smallest absolute Gasteiger partial charge is 0.254 e. The molecule has 5 rings (SSSR count). The number of rotatable bonds is 12. The summed E-state index contributed by atoms with van der Waals surface area (Å²) in [5.74, 6) is -0.950. The molecule has 1 fully saturated rings. The molecule has 1 aromatic heterocycles. The van der Waals surface area contributed by atoms with Crippen molar-refractivity contribution in [3.8, 4) is 6.07 Å². The van der Waals surface area contributed by atoms with Gasteiger partial charge in [0.25, 0.3) is 5.91 Å². The summed E-state index contributed by atoms with van der Waals surface area (Å²) in [6.45, 7) is 1.02. The molecule has 1 aliphatic heterocycles. The standard InChI is InChI=1S/C31H28N6O5/c32-16-24-26(31(38)36-37-33)27(35-34-24)29-30(41-19-23-14-8-3-9-15-23)28(40-18-22-12-6-2-7-13-22)25(42-29)20-39-17-21-10-4-1-5-11-21/h1-15,25,28-30H,17-20H2,(H,34,35)/t25-,28-,29+,30-/m1/s1. The van der Waals surface area contributed by atoms with E-state index >= 15 is 0 Å². The van der Waals surface area contributed by atoms with Gasteiger partial charge in [-0.15, -0.1) is 0 Å². The molecule has 11 nitrogen and oxygen atoms in total. The van der Waals surface area contributed by atoms with Gasteiger partial charge in [-0.3, -0.25) is 9.89 Å². The van der Waals surface area contributed by atoms with Gasteiger partial charge in [0, 0.05) is 4.91 Å². The number of aromatic nitrogens is 2. The monoisotopic (exact) mass is 564 g/mol. The van der Waals surface area contributed by atoms with Crippen molar-refractivity contribution in [2.45, 2.75) is 44.2 Å². The van der Waals surface area contributed by atoms with E-state index in [2.05, 4.69) is 20.2 Å². The number of carbonyl (C=O) groups excluding carboxylic acids is 1. The molecule has 4 aromatic rings. The summed E-state index contributed by atoms with van der Waals surface area (Å²) in [6.07, 6.45) is -2.91. The Morgan fingerprint density at radius 1 is 0.905 bits per heavy atom. The summed E-state index contributed by atoms with van der Waals surface area (Å²) in [5.41, 5.74) is 11.6. The van der Waals surface area contributed by atoms with Crippen LogP contribution in [0.5, 0.6) is 0 Å². The second kappa shape index (κ2) is 14.2. The van der Waals surface area contributed by atoms with Crippen LogP contribution in [0.15, 0.2) is 96.1 Å². The predicted octanol–water partition coefficient (Wildman–Crippen LogP) is 5.56. The average molecular weight is 565 g/mol. The number of nitriles is 1. The third-order valence-electron chi connectivity index (χ3n) is 6.81. The first kappa shape index (κ1) is 28.7. The van der Waals surface area contributed by atoms with Gasteiger partial charge in [0.15, 0.2) is 5.69 Å². The van der Waals surface area contributed by atoms with Gasteiger partial charge in [-0.2, -0.15) is 10.4 Å². The van der Waals surface area contributed by atoms with E-state index in [0.717, 1.165) is 16.7 Å². The quantitative estimate of drug-likeness (QED) is 0.134. The highest BCUT2D eigenvalue weighted by Crippen LogP contribution is 2.39. The summed E-state index contributed by atoms with van der Waals surface area (Å²) in [5, 5.41) is 19.6. The van der Waals surface area contributed by atoms with E-state index in [1.807, 2.05) is 97.1 Å². The maximum atomic E-state index is 12.8. The van der Waals surface area contributed by atoms with Crippen LogP contribution in [0.2, 0.25) is 0 Å². The molecule has 0 aliphatic carbocycles. The number of amides is 1. The lowest BCUT2D eigenvalue weighted by molar-refractivity contribution is -0.0898. The second-order valence-corrected chi connectivity index (χ2v) is 9.59. The number of nitrogens with one attached hydrogen (secondary N) is 1. The van der Waals surface area contributed by atoms with Crippen molar-refractivity contribution in [3.05, 3.63) is 135 Å². The van der Waals surface area contributed by atoms with Crippen molar-refractivity contribution < 1.29 is 23.7 Å². The number of hydrogen-bond acceptors (Lipinski definition) is 7. The van der Waals surface area contributed by atoms with Gasteiger partial charge >= 0.3 is 0 Å². The minimum Gasteiger partial charge on any atom is -0.374 e. The van der Waals surface area contributed by atoms with E-state index in [4.69, 9.17) is 24.5 Å². The van der Waals surface area contributed by atoms with E-state index in [9.17, 15) is 10.1 Å². The Morgan fingerprint density at radius 3 is 2.00 bits per heavy atom. The topological polar surface area (TPSA) is 155 Å². The zero-order chi connectivity index (χ0) is 29.1. The third kappa shape index (κ3) is 6.90. The maximum Gasteiger partial charge on any atom is 0.254 e. The van der Waals surface area contributed by atoms with Crippen molar-refractivity contribution in [2.75, 3.05) is 6.61 Å². The van der Waals surface area contributed by atoms with Gasteiger partial charge in [-0.05, 0) is 27.3 Å². The van der Waals surface area contributed by atoms with Crippen molar-refractivity contribution >= 4 is 5.91 Å². The zero-order valence-electron chi connectivity index (χ0n) is 22.6. The van der Waals surface area contributed by atoms with Crippen molar-refractivity contribution in [1.82, 2.24) is 10.2 Å². The van der Waals surface area contributed by atoms with Gasteiger partial charge in [0.2, 0.25) is 0 Å². The molecule has 11 heteroatoms. The maximum absolute atomic E-state index is 12.8. The largest absolute Gasteiger partial charge is 0.374 e. The predicted molar refractivity (Wildman–Crippen MR) is 151 cm³/mol. The summed E-state index contributed by atoms with van der Waals surface area (Å²) in [6, 6.07) is 30.9. The molecular formula is C31H28N6O5. The molecule has 212 valence electrons. The minimum absolute atomic E-state index is 0.162. The van der Waals surface area contributed by atoms with Crippen LogP contribution in [0.1, 0.15) is 44.5 Å². The molecule has 0 saturated carbocycles. The van der Waals surface area contributed by atoms with Crippen molar-refractivity contribution in [2.24, 2.45) is 5.11 Å². The van der Waals surface area contributed by atoms with E-state index in [-0.39, 0.29) is 36.8 Å². The molecule has 0 unspecified atom stereocenters. The zero-order valence-corrected chi connectivity index (χ0v) is 22.6. The van der Waals surface area contributed by atoms with Gasteiger partial charge in [-0.25, -0.2) is 0 Å². The average Bonchev–Trinajstić information content (AvgIpc) is 3.61. The second-order valence-electron chi connectivity index (χ2n) is 9.59. The Kier molecular flexibility index (Phi) is 9.69.